The maximum Gasteiger partial charge on any atom is 0.247 e. The van der Waals surface area contributed by atoms with Crippen LogP contribution in [0.2, 0.25) is 0 Å². The molecule has 0 spiro atoms. The molecule has 1 aliphatic rings. The van der Waals surface area contributed by atoms with Gasteiger partial charge in [0, 0.05) is 18.2 Å². The van der Waals surface area contributed by atoms with E-state index in [1.165, 1.54) is 13.3 Å². The minimum atomic E-state index is -0.698. The average molecular weight is 477 g/mol. The number of fused-ring (bicyclic) bond motifs is 3. The summed E-state index contributed by atoms with van der Waals surface area (Å²) in [6.45, 7) is 3.70. The van der Waals surface area contributed by atoms with Gasteiger partial charge < -0.3 is 9.47 Å². The van der Waals surface area contributed by atoms with Crippen molar-refractivity contribution in [1.82, 2.24) is 15.2 Å². The Labute approximate surface area is 204 Å². The normalized spacial score (nSPS) is 14.8. The van der Waals surface area contributed by atoms with Crippen molar-refractivity contribution in [1.29, 1.82) is 0 Å². The Bertz CT molecular complexity index is 1170. The maximum absolute atomic E-state index is 12.8. The van der Waals surface area contributed by atoms with Gasteiger partial charge in [0.05, 0.1) is 12.8 Å². The Morgan fingerprint density at radius 2 is 1.94 bits per heavy atom. The van der Waals surface area contributed by atoms with Crippen LogP contribution < -0.4 is 14.4 Å². The summed E-state index contributed by atoms with van der Waals surface area (Å²) >= 11 is 1.57. The highest BCUT2D eigenvalue weighted by Gasteiger charge is 2.32. The summed E-state index contributed by atoms with van der Waals surface area (Å²) in [4.78, 5) is 19.1. The van der Waals surface area contributed by atoms with Gasteiger partial charge in [0.1, 0.15) is 5.75 Å². The van der Waals surface area contributed by atoms with E-state index in [1.807, 2.05) is 60.7 Å². The molecule has 0 bridgehead atoms. The van der Waals surface area contributed by atoms with Gasteiger partial charge in [-0.1, -0.05) is 67.9 Å². The summed E-state index contributed by atoms with van der Waals surface area (Å²) in [5.41, 5.74) is 2.95. The molecule has 176 valence electrons. The lowest BCUT2D eigenvalue weighted by Crippen LogP contribution is -2.41. The fraction of sp³-hybridized carbons (Fsp3) is 0.308. The first-order valence-electron chi connectivity index (χ1n) is 11.4. The first kappa shape index (κ1) is 23.8. The van der Waals surface area contributed by atoms with Crippen LogP contribution in [0.25, 0.3) is 17.3 Å². The second-order valence-electron chi connectivity index (χ2n) is 7.85. The lowest BCUT2D eigenvalue weighted by Gasteiger charge is -2.27. The fourth-order valence-electron chi connectivity index (χ4n) is 3.70. The van der Waals surface area contributed by atoms with E-state index in [4.69, 9.17) is 9.47 Å². The molecule has 0 saturated carbocycles. The molecule has 1 amide bonds. The molecule has 0 fully saturated rings. The van der Waals surface area contributed by atoms with E-state index in [0.29, 0.717) is 22.4 Å². The number of benzene rings is 2. The summed E-state index contributed by atoms with van der Waals surface area (Å²) < 4.78 is 11.5. The second kappa shape index (κ2) is 11.2. The zero-order valence-corrected chi connectivity index (χ0v) is 20.4. The zero-order chi connectivity index (χ0) is 23.9. The molecule has 7 nitrogen and oxygen atoms in total. The predicted octanol–water partition coefficient (Wildman–Crippen LogP) is 5.61. The van der Waals surface area contributed by atoms with Crippen molar-refractivity contribution in [2.24, 2.45) is 0 Å². The molecule has 34 heavy (non-hydrogen) atoms. The van der Waals surface area contributed by atoms with Crippen LogP contribution in [-0.2, 0) is 4.79 Å². The lowest BCUT2D eigenvalue weighted by molar-refractivity contribution is -0.117. The van der Waals surface area contributed by atoms with Crippen LogP contribution in [0.1, 0.15) is 38.7 Å². The van der Waals surface area contributed by atoms with Gasteiger partial charge in [-0.2, -0.15) is 4.98 Å². The van der Waals surface area contributed by atoms with Crippen LogP contribution in [0, 0.1) is 0 Å². The first-order valence-corrected chi connectivity index (χ1v) is 12.3. The SMILES string of the molecule is CCCCCSc1nnc2c(n1)O[C@@H](/C=C\c1ccc(OC)cc1)N(C(C)=O)c1ccccc1-2. The summed E-state index contributed by atoms with van der Waals surface area (Å²) in [5.74, 6) is 1.92. The highest BCUT2D eigenvalue weighted by Crippen LogP contribution is 2.39. The summed E-state index contributed by atoms with van der Waals surface area (Å²) in [7, 11) is 1.64. The number of carbonyl (C=O) groups is 1. The van der Waals surface area contributed by atoms with E-state index in [-0.39, 0.29) is 5.91 Å². The van der Waals surface area contributed by atoms with Crippen LogP contribution in [0.3, 0.4) is 0 Å². The molecule has 4 rings (SSSR count). The van der Waals surface area contributed by atoms with Crippen molar-refractivity contribution < 1.29 is 14.3 Å². The number of carbonyl (C=O) groups excluding carboxylic acids is 1. The number of methoxy groups -OCH3 is 1. The highest BCUT2D eigenvalue weighted by molar-refractivity contribution is 7.99. The number of rotatable bonds is 8. The number of thioether (sulfide) groups is 1. The molecule has 1 aromatic heterocycles. The number of para-hydroxylation sites is 1. The highest BCUT2D eigenvalue weighted by atomic mass is 32.2. The zero-order valence-electron chi connectivity index (χ0n) is 19.6. The van der Waals surface area contributed by atoms with Crippen LogP contribution in [0.5, 0.6) is 11.6 Å². The number of nitrogens with zero attached hydrogens (tertiary/aromatic N) is 4. The second-order valence-corrected chi connectivity index (χ2v) is 8.91. The van der Waals surface area contributed by atoms with E-state index in [1.54, 1.807) is 23.8 Å². The molecule has 1 atom stereocenters. The van der Waals surface area contributed by atoms with Crippen molar-refractivity contribution >= 4 is 29.4 Å². The standard InChI is InChI=1S/C26H28N4O3S/c1-4-5-8-17-34-26-27-25-24(28-29-26)21-9-6-7-10-22(21)30(18(2)31)23(33-25)16-13-19-11-14-20(32-3)15-12-19/h6-7,9-16,23H,4-5,8,17H2,1-3H3/b16-13-/t23-/m0/s1. The van der Waals surface area contributed by atoms with Crippen molar-refractivity contribution in [2.75, 3.05) is 17.8 Å². The molecule has 0 N–H and O–H groups in total. The Balaban J connectivity index is 1.70. The number of amides is 1. The third kappa shape index (κ3) is 5.39. The number of ether oxygens (including phenoxy) is 2. The van der Waals surface area contributed by atoms with Gasteiger partial charge in [-0.05, 0) is 36.3 Å². The van der Waals surface area contributed by atoms with E-state index >= 15 is 0 Å². The average Bonchev–Trinajstić information content (AvgIpc) is 2.99. The van der Waals surface area contributed by atoms with E-state index in [2.05, 4.69) is 22.1 Å². The third-order valence-electron chi connectivity index (χ3n) is 5.43. The quantitative estimate of drug-likeness (QED) is 0.309. The van der Waals surface area contributed by atoms with Gasteiger partial charge >= 0.3 is 0 Å². The molecule has 2 aromatic carbocycles. The van der Waals surface area contributed by atoms with Crippen molar-refractivity contribution in [2.45, 2.75) is 44.5 Å². The third-order valence-corrected chi connectivity index (χ3v) is 6.35. The van der Waals surface area contributed by atoms with Crippen molar-refractivity contribution in [3.63, 3.8) is 0 Å². The Morgan fingerprint density at radius 3 is 2.68 bits per heavy atom. The number of anilines is 1. The summed E-state index contributed by atoms with van der Waals surface area (Å²) in [6, 6.07) is 15.3. The predicted molar refractivity (Wildman–Crippen MR) is 135 cm³/mol. The van der Waals surface area contributed by atoms with Gasteiger partial charge in [0.25, 0.3) is 0 Å². The van der Waals surface area contributed by atoms with Gasteiger partial charge in [0.15, 0.2) is 11.9 Å². The van der Waals surface area contributed by atoms with Crippen LogP contribution in [0.4, 0.5) is 5.69 Å². The van der Waals surface area contributed by atoms with Crippen molar-refractivity contribution in [3.8, 4) is 22.9 Å². The minimum Gasteiger partial charge on any atom is -0.497 e. The topological polar surface area (TPSA) is 77.4 Å². The Morgan fingerprint density at radius 1 is 1.15 bits per heavy atom. The smallest absolute Gasteiger partial charge is 0.247 e. The van der Waals surface area contributed by atoms with E-state index in [0.717, 1.165) is 35.5 Å². The molecule has 0 aliphatic carbocycles. The molecule has 3 aromatic rings. The van der Waals surface area contributed by atoms with Gasteiger partial charge in [0.2, 0.25) is 16.9 Å². The monoisotopic (exact) mass is 476 g/mol. The number of aromatic nitrogens is 3. The van der Waals surface area contributed by atoms with Crippen LogP contribution in [0.15, 0.2) is 59.8 Å². The molecule has 2 heterocycles. The van der Waals surface area contributed by atoms with E-state index in [9.17, 15) is 4.79 Å². The molecule has 8 heteroatoms. The molecule has 0 saturated heterocycles. The summed E-state index contributed by atoms with van der Waals surface area (Å²) in [5, 5.41) is 9.35. The van der Waals surface area contributed by atoms with E-state index < -0.39 is 6.23 Å². The summed E-state index contributed by atoms with van der Waals surface area (Å²) in [6.07, 6.45) is 6.50. The first-order chi connectivity index (χ1) is 16.6. The van der Waals surface area contributed by atoms with Gasteiger partial charge in [-0.25, -0.2) is 0 Å². The van der Waals surface area contributed by atoms with Crippen LogP contribution in [-0.4, -0.2) is 40.2 Å². The fourth-order valence-corrected chi connectivity index (χ4v) is 4.47. The number of hydrogen-bond acceptors (Lipinski definition) is 7. The molecule has 0 unspecified atom stereocenters. The number of hydrogen-bond donors (Lipinski definition) is 0. The van der Waals surface area contributed by atoms with Crippen LogP contribution >= 0.6 is 11.8 Å². The maximum atomic E-state index is 12.8. The minimum absolute atomic E-state index is 0.147. The Kier molecular flexibility index (Phi) is 7.80. The number of unbranched alkanes of at least 4 members (excludes halogenated alkanes) is 2. The van der Waals surface area contributed by atoms with Gasteiger partial charge in [-0.3, -0.25) is 9.69 Å². The lowest BCUT2D eigenvalue weighted by atomic mass is 10.1. The molecule has 1 aliphatic heterocycles. The molecule has 0 radical (unpaired) electrons. The molecular formula is C26H28N4O3S. The largest absolute Gasteiger partial charge is 0.497 e. The molecular weight excluding hydrogens is 448 g/mol. The van der Waals surface area contributed by atoms with Crippen molar-refractivity contribution in [3.05, 3.63) is 60.2 Å². The van der Waals surface area contributed by atoms with Gasteiger partial charge in [-0.15, -0.1) is 10.2 Å². The Hall–Kier alpha value is -3.39.